The second-order valence-electron chi connectivity index (χ2n) is 3.15. The molecule has 4 heteroatoms. The quantitative estimate of drug-likeness (QED) is 0.552. The summed E-state index contributed by atoms with van der Waals surface area (Å²) in [6, 6.07) is 0. The van der Waals surface area contributed by atoms with Gasteiger partial charge < -0.3 is 10.2 Å². The van der Waals surface area contributed by atoms with E-state index in [-0.39, 0.29) is 12.2 Å². The predicted octanol–water partition coefficient (Wildman–Crippen LogP) is 0.485. The van der Waals surface area contributed by atoms with Crippen molar-refractivity contribution in [3.05, 3.63) is 0 Å². The van der Waals surface area contributed by atoms with Gasteiger partial charge in [-0.05, 0) is 13.8 Å². The van der Waals surface area contributed by atoms with E-state index in [4.69, 9.17) is 10.2 Å². The van der Waals surface area contributed by atoms with Crippen LogP contribution in [-0.2, 0) is 0 Å². The SMILES string of the molecule is CC(O)CN(CCI)CC(C)O. The molecule has 0 rings (SSSR count). The van der Waals surface area contributed by atoms with E-state index in [0.29, 0.717) is 13.1 Å². The first-order valence-corrected chi connectivity index (χ1v) is 5.73. The summed E-state index contributed by atoms with van der Waals surface area (Å²) < 4.78 is 1.02. The Morgan fingerprint density at radius 2 is 1.58 bits per heavy atom. The molecule has 74 valence electrons. The summed E-state index contributed by atoms with van der Waals surface area (Å²) in [7, 11) is 0. The molecule has 0 heterocycles. The van der Waals surface area contributed by atoms with Crippen molar-refractivity contribution >= 4 is 22.6 Å². The molecular weight excluding hydrogens is 269 g/mol. The first-order valence-electron chi connectivity index (χ1n) is 4.20. The molecule has 0 saturated heterocycles. The highest BCUT2D eigenvalue weighted by Crippen LogP contribution is 1.97. The van der Waals surface area contributed by atoms with E-state index >= 15 is 0 Å². The number of nitrogens with zero attached hydrogens (tertiary/aromatic N) is 1. The average Bonchev–Trinajstić information content (AvgIpc) is 1.84. The molecule has 0 saturated carbocycles. The number of hydrogen-bond donors (Lipinski definition) is 2. The van der Waals surface area contributed by atoms with Crippen LogP contribution in [0, 0.1) is 0 Å². The van der Waals surface area contributed by atoms with E-state index < -0.39 is 0 Å². The van der Waals surface area contributed by atoms with Crippen molar-refractivity contribution in [1.82, 2.24) is 4.90 Å². The van der Waals surface area contributed by atoms with Gasteiger partial charge in [0.15, 0.2) is 0 Å². The molecule has 12 heavy (non-hydrogen) atoms. The third kappa shape index (κ3) is 7.27. The molecule has 2 unspecified atom stereocenters. The standard InChI is InChI=1S/C8H18INO2/c1-7(11)5-10(4-3-9)6-8(2)12/h7-8,11-12H,3-6H2,1-2H3. The molecule has 0 fully saturated rings. The highest BCUT2D eigenvalue weighted by Gasteiger charge is 2.09. The lowest BCUT2D eigenvalue weighted by Gasteiger charge is -2.23. The highest BCUT2D eigenvalue weighted by atomic mass is 127. The topological polar surface area (TPSA) is 43.7 Å². The van der Waals surface area contributed by atoms with Crippen LogP contribution in [0.2, 0.25) is 0 Å². The summed E-state index contributed by atoms with van der Waals surface area (Å²) in [5.41, 5.74) is 0. The maximum absolute atomic E-state index is 9.14. The van der Waals surface area contributed by atoms with Crippen molar-refractivity contribution in [2.75, 3.05) is 24.1 Å². The lowest BCUT2D eigenvalue weighted by Crippen LogP contribution is -2.37. The van der Waals surface area contributed by atoms with Crippen molar-refractivity contribution < 1.29 is 10.2 Å². The molecule has 0 bridgehead atoms. The van der Waals surface area contributed by atoms with Crippen molar-refractivity contribution in [3.63, 3.8) is 0 Å². The minimum atomic E-state index is -0.313. The van der Waals surface area contributed by atoms with Crippen LogP contribution in [0.3, 0.4) is 0 Å². The molecule has 0 aromatic carbocycles. The Morgan fingerprint density at radius 3 is 1.83 bits per heavy atom. The van der Waals surface area contributed by atoms with Gasteiger partial charge in [0.05, 0.1) is 12.2 Å². The fraction of sp³-hybridized carbons (Fsp3) is 1.00. The summed E-state index contributed by atoms with van der Waals surface area (Å²) in [5.74, 6) is 0. The van der Waals surface area contributed by atoms with Gasteiger partial charge >= 0.3 is 0 Å². The van der Waals surface area contributed by atoms with Gasteiger partial charge in [-0.2, -0.15) is 0 Å². The molecule has 2 atom stereocenters. The molecule has 0 radical (unpaired) electrons. The molecule has 0 spiro atoms. The van der Waals surface area contributed by atoms with Gasteiger partial charge in [0.1, 0.15) is 0 Å². The average molecular weight is 287 g/mol. The summed E-state index contributed by atoms with van der Waals surface area (Å²) in [6.07, 6.45) is -0.626. The lowest BCUT2D eigenvalue weighted by atomic mass is 10.3. The molecule has 0 aliphatic rings. The van der Waals surface area contributed by atoms with Crippen LogP contribution in [0.5, 0.6) is 0 Å². The summed E-state index contributed by atoms with van der Waals surface area (Å²) >= 11 is 2.29. The minimum absolute atomic E-state index is 0.313. The zero-order chi connectivity index (χ0) is 9.56. The van der Waals surface area contributed by atoms with E-state index in [1.165, 1.54) is 0 Å². The van der Waals surface area contributed by atoms with Gasteiger partial charge in [-0.25, -0.2) is 0 Å². The predicted molar refractivity (Wildman–Crippen MR) is 58.7 cm³/mol. The fourth-order valence-electron chi connectivity index (χ4n) is 1.12. The van der Waals surface area contributed by atoms with Crippen molar-refractivity contribution in [2.45, 2.75) is 26.1 Å². The molecule has 0 aliphatic carbocycles. The van der Waals surface area contributed by atoms with Gasteiger partial charge in [0.2, 0.25) is 0 Å². The van der Waals surface area contributed by atoms with E-state index in [2.05, 4.69) is 27.5 Å². The number of alkyl halides is 1. The van der Waals surface area contributed by atoms with Crippen LogP contribution in [0.15, 0.2) is 0 Å². The number of aliphatic hydroxyl groups is 2. The molecule has 0 aromatic rings. The van der Waals surface area contributed by atoms with Crippen molar-refractivity contribution in [3.8, 4) is 0 Å². The maximum atomic E-state index is 9.14. The van der Waals surface area contributed by atoms with E-state index in [0.717, 1.165) is 11.0 Å². The van der Waals surface area contributed by atoms with E-state index in [1.54, 1.807) is 13.8 Å². The Labute approximate surface area is 87.9 Å². The van der Waals surface area contributed by atoms with Crippen LogP contribution >= 0.6 is 22.6 Å². The lowest BCUT2D eigenvalue weighted by molar-refractivity contribution is 0.0880. The zero-order valence-electron chi connectivity index (χ0n) is 7.70. The van der Waals surface area contributed by atoms with Crippen LogP contribution in [0.25, 0.3) is 0 Å². The minimum Gasteiger partial charge on any atom is -0.392 e. The van der Waals surface area contributed by atoms with Crippen LogP contribution in [0.4, 0.5) is 0 Å². The van der Waals surface area contributed by atoms with Crippen LogP contribution in [-0.4, -0.2) is 51.4 Å². The molecule has 0 aromatic heterocycles. The monoisotopic (exact) mass is 287 g/mol. The first-order chi connectivity index (χ1) is 5.56. The first kappa shape index (κ1) is 12.6. The van der Waals surface area contributed by atoms with E-state index in [1.807, 2.05) is 0 Å². The van der Waals surface area contributed by atoms with Gasteiger partial charge in [0.25, 0.3) is 0 Å². The Morgan fingerprint density at radius 1 is 1.17 bits per heavy atom. The van der Waals surface area contributed by atoms with Crippen molar-refractivity contribution in [1.29, 1.82) is 0 Å². The number of aliphatic hydroxyl groups excluding tert-OH is 2. The second kappa shape index (κ2) is 7.06. The van der Waals surface area contributed by atoms with Crippen molar-refractivity contribution in [2.24, 2.45) is 0 Å². The van der Waals surface area contributed by atoms with Gasteiger partial charge in [-0.15, -0.1) is 0 Å². The third-order valence-electron chi connectivity index (χ3n) is 1.45. The highest BCUT2D eigenvalue weighted by molar-refractivity contribution is 14.1. The largest absolute Gasteiger partial charge is 0.392 e. The molecule has 3 nitrogen and oxygen atoms in total. The summed E-state index contributed by atoms with van der Waals surface area (Å²) in [6.45, 7) is 5.75. The van der Waals surface area contributed by atoms with Gasteiger partial charge in [0, 0.05) is 24.1 Å². The Balaban J connectivity index is 3.69. The van der Waals surface area contributed by atoms with Gasteiger partial charge in [-0.3, -0.25) is 4.90 Å². The number of hydrogen-bond acceptors (Lipinski definition) is 3. The van der Waals surface area contributed by atoms with Crippen LogP contribution < -0.4 is 0 Å². The zero-order valence-corrected chi connectivity index (χ0v) is 9.86. The number of rotatable bonds is 6. The Hall–Kier alpha value is 0.610. The smallest absolute Gasteiger partial charge is 0.0639 e. The summed E-state index contributed by atoms with van der Waals surface area (Å²) in [5, 5.41) is 18.3. The third-order valence-corrected chi connectivity index (χ3v) is 1.93. The van der Waals surface area contributed by atoms with Gasteiger partial charge in [-0.1, -0.05) is 22.6 Å². The summed E-state index contributed by atoms with van der Waals surface area (Å²) in [4.78, 5) is 2.07. The Kier molecular flexibility index (Phi) is 7.41. The normalized spacial score (nSPS) is 16.5. The molecular formula is C8H18INO2. The number of halogens is 1. The fourth-order valence-corrected chi connectivity index (χ4v) is 1.81. The maximum Gasteiger partial charge on any atom is 0.0639 e. The van der Waals surface area contributed by atoms with Crippen LogP contribution in [0.1, 0.15) is 13.8 Å². The molecule has 0 aliphatic heterocycles. The van der Waals surface area contributed by atoms with E-state index in [9.17, 15) is 0 Å². The molecule has 0 amide bonds. The molecule has 2 N–H and O–H groups in total. The Bertz CT molecular complexity index is 99.2. The second-order valence-corrected chi connectivity index (χ2v) is 4.23.